The average molecular weight is 446 g/mol. The molecule has 0 fully saturated rings. The van der Waals surface area contributed by atoms with Gasteiger partial charge in [0.2, 0.25) is 0 Å². The van der Waals surface area contributed by atoms with Crippen LogP contribution in [0.4, 0.5) is 16.2 Å². The molecule has 1 aliphatic heterocycles. The van der Waals surface area contributed by atoms with E-state index in [1.165, 1.54) is 11.3 Å². The summed E-state index contributed by atoms with van der Waals surface area (Å²) >= 11 is 1.46. The van der Waals surface area contributed by atoms with Crippen molar-refractivity contribution in [2.24, 2.45) is 0 Å². The van der Waals surface area contributed by atoms with Gasteiger partial charge in [0.15, 0.2) is 0 Å². The molecule has 1 aliphatic rings. The molecule has 5 rings (SSSR count). The first kappa shape index (κ1) is 19.9. The van der Waals surface area contributed by atoms with Crippen molar-refractivity contribution >= 4 is 34.6 Å². The summed E-state index contributed by atoms with van der Waals surface area (Å²) in [6.07, 6.45) is 1.56. The van der Waals surface area contributed by atoms with Gasteiger partial charge < -0.3 is 25.1 Å². The molecule has 0 saturated carbocycles. The summed E-state index contributed by atoms with van der Waals surface area (Å²) in [5.41, 5.74) is 3.28. The van der Waals surface area contributed by atoms with Crippen molar-refractivity contribution < 1.29 is 18.7 Å². The highest BCUT2D eigenvalue weighted by molar-refractivity contribution is 7.17. The number of hydrogen-bond donors (Lipinski definition) is 3. The average Bonchev–Trinajstić information content (AvgIpc) is 3.49. The molecule has 3 amide bonds. The van der Waals surface area contributed by atoms with Crippen molar-refractivity contribution in [3.8, 4) is 16.2 Å². The Kier molecular flexibility index (Phi) is 5.35. The van der Waals surface area contributed by atoms with Crippen molar-refractivity contribution in [3.05, 3.63) is 89.2 Å². The number of rotatable bonds is 5. The normalized spacial score (nSPS) is 11.6. The van der Waals surface area contributed by atoms with E-state index in [1.807, 2.05) is 30.3 Å². The maximum Gasteiger partial charge on any atom is 0.319 e. The third-order valence-electron chi connectivity index (χ3n) is 4.95. The topological polar surface area (TPSA) is 92.6 Å². The molecule has 32 heavy (non-hydrogen) atoms. The number of amides is 3. The van der Waals surface area contributed by atoms with Crippen LogP contribution in [0.3, 0.4) is 0 Å². The van der Waals surface area contributed by atoms with Gasteiger partial charge in [0, 0.05) is 27.4 Å². The molecule has 0 atom stereocenters. The highest BCUT2D eigenvalue weighted by atomic mass is 32.1. The molecule has 160 valence electrons. The number of hydrogen-bond acceptors (Lipinski definition) is 5. The Labute approximate surface area is 188 Å². The van der Waals surface area contributed by atoms with Gasteiger partial charge in [-0.3, -0.25) is 4.79 Å². The van der Waals surface area contributed by atoms with Crippen molar-refractivity contribution in [2.75, 3.05) is 10.6 Å². The summed E-state index contributed by atoms with van der Waals surface area (Å²) < 4.78 is 11.0. The van der Waals surface area contributed by atoms with Gasteiger partial charge >= 0.3 is 6.03 Å². The third-order valence-corrected chi connectivity index (χ3v) is 6.16. The standard InChI is InChI=1S/C24H19N3O4S/c28-23(21-12-15-14-31-20-6-2-1-5-19(20)22(15)32-21)26-16-7-9-17(10-8-16)27-24(29)25-13-18-4-3-11-30-18/h1-12H,13-14H2,(H,26,28)(H2,25,27,29). The van der Waals surface area contributed by atoms with E-state index in [9.17, 15) is 9.59 Å². The Morgan fingerprint density at radius 1 is 0.938 bits per heavy atom. The lowest BCUT2D eigenvalue weighted by Crippen LogP contribution is -2.27. The maximum atomic E-state index is 12.8. The van der Waals surface area contributed by atoms with Gasteiger partial charge in [-0.2, -0.15) is 0 Å². The van der Waals surface area contributed by atoms with Gasteiger partial charge in [0.25, 0.3) is 5.91 Å². The zero-order valence-electron chi connectivity index (χ0n) is 16.9. The smallest absolute Gasteiger partial charge is 0.319 e. The Balaban J connectivity index is 1.20. The van der Waals surface area contributed by atoms with Crippen molar-refractivity contribution in [1.82, 2.24) is 5.32 Å². The molecule has 0 saturated heterocycles. The molecule has 8 heteroatoms. The van der Waals surface area contributed by atoms with Gasteiger partial charge in [-0.05, 0) is 54.6 Å². The molecule has 0 spiro atoms. The SMILES string of the molecule is O=C(NCc1ccco1)Nc1ccc(NC(=O)c2cc3c(s2)-c2ccccc2OC3)cc1. The van der Waals surface area contributed by atoms with Gasteiger partial charge in [-0.25, -0.2) is 4.79 Å². The monoisotopic (exact) mass is 445 g/mol. The molecule has 3 heterocycles. The van der Waals surface area contributed by atoms with E-state index in [4.69, 9.17) is 9.15 Å². The molecule has 4 aromatic rings. The minimum Gasteiger partial charge on any atom is -0.488 e. The highest BCUT2D eigenvalue weighted by Gasteiger charge is 2.22. The second-order valence-electron chi connectivity index (χ2n) is 7.17. The highest BCUT2D eigenvalue weighted by Crippen LogP contribution is 2.42. The second kappa shape index (κ2) is 8.60. The number of ether oxygens (including phenoxy) is 1. The predicted octanol–water partition coefficient (Wildman–Crippen LogP) is 5.47. The van der Waals surface area contributed by atoms with E-state index < -0.39 is 0 Å². The summed E-state index contributed by atoms with van der Waals surface area (Å²) in [6, 6.07) is 19.9. The second-order valence-corrected chi connectivity index (χ2v) is 8.22. The Bertz CT molecular complexity index is 1260. The summed E-state index contributed by atoms with van der Waals surface area (Å²) in [5, 5.41) is 8.36. The fourth-order valence-electron chi connectivity index (χ4n) is 3.40. The number of para-hydroxylation sites is 1. The molecule has 2 aromatic heterocycles. The van der Waals surface area contributed by atoms with Gasteiger partial charge in [-0.15, -0.1) is 11.3 Å². The minimum absolute atomic E-state index is 0.182. The van der Waals surface area contributed by atoms with Crippen LogP contribution in [0.1, 0.15) is 21.0 Å². The summed E-state index contributed by atoms with van der Waals surface area (Å²) in [4.78, 5) is 26.5. The first-order valence-corrected chi connectivity index (χ1v) is 10.8. The number of anilines is 2. The van der Waals surface area contributed by atoms with Crippen LogP contribution in [0.5, 0.6) is 5.75 Å². The summed E-state index contributed by atoms with van der Waals surface area (Å²) in [5.74, 6) is 1.33. The van der Waals surface area contributed by atoms with Gasteiger partial charge in [-0.1, -0.05) is 12.1 Å². The largest absolute Gasteiger partial charge is 0.488 e. The number of urea groups is 1. The Morgan fingerprint density at radius 2 is 1.72 bits per heavy atom. The number of furan rings is 1. The van der Waals surface area contributed by atoms with E-state index >= 15 is 0 Å². The molecular formula is C24H19N3O4S. The van der Waals surface area contributed by atoms with E-state index in [0.29, 0.717) is 35.2 Å². The Hall–Kier alpha value is -4.04. The Morgan fingerprint density at radius 3 is 2.50 bits per heavy atom. The van der Waals surface area contributed by atoms with E-state index in [0.717, 1.165) is 21.8 Å². The summed E-state index contributed by atoms with van der Waals surface area (Å²) in [6.45, 7) is 0.756. The third kappa shape index (κ3) is 4.21. The number of thiophene rings is 1. The van der Waals surface area contributed by atoms with Gasteiger partial charge in [0.1, 0.15) is 18.1 Å². The first-order chi connectivity index (χ1) is 15.7. The van der Waals surface area contributed by atoms with Crippen molar-refractivity contribution in [3.63, 3.8) is 0 Å². The zero-order valence-corrected chi connectivity index (χ0v) is 17.7. The van der Waals surface area contributed by atoms with Crippen molar-refractivity contribution in [2.45, 2.75) is 13.2 Å². The number of carbonyl (C=O) groups is 2. The molecule has 2 aromatic carbocycles. The zero-order chi connectivity index (χ0) is 21.9. The van der Waals surface area contributed by atoms with Crippen LogP contribution in [0, 0.1) is 0 Å². The summed E-state index contributed by atoms with van der Waals surface area (Å²) in [7, 11) is 0. The molecule has 0 radical (unpaired) electrons. The molecule has 7 nitrogen and oxygen atoms in total. The van der Waals surface area contributed by atoms with Crippen LogP contribution >= 0.6 is 11.3 Å². The first-order valence-electron chi connectivity index (χ1n) is 9.99. The van der Waals surface area contributed by atoms with E-state index in [2.05, 4.69) is 16.0 Å². The van der Waals surface area contributed by atoms with Crippen LogP contribution in [0.25, 0.3) is 10.4 Å². The fourth-order valence-corrected chi connectivity index (χ4v) is 4.49. The van der Waals surface area contributed by atoms with Crippen LogP contribution in [0.2, 0.25) is 0 Å². The molecule has 3 N–H and O–H groups in total. The quantitative estimate of drug-likeness (QED) is 0.380. The maximum absolute atomic E-state index is 12.8. The lowest BCUT2D eigenvalue weighted by molar-refractivity contribution is 0.103. The van der Waals surface area contributed by atoms with Crippen molar-refractivity contribution in [1.29, 1.82) is 0 Å². The fraction of sp³-hybridized carbons (Fsp3) is 0.0833. The molecule has 0 unspecified atom stereocenters. The van der Waals surface area contributed by atoms with Gasteiger partial charge in [0.05, 0.1) is 17.7 Å². The number of benzene rings is 2. The lowest BCUT2D eigenvalue weighted by atomic mass is 10.1. The number of nitrogens with one attached hydrogen (secondary N) is 3. The number of carbonyl (C=O) groups excluding carboxylic acids is 2. The van der Waals surface area contributed by atoms with Crippen LogP contribution in [0.15, 0.2) is 77.4 Å². The lowest BCUT2D eigenvalue weighted by Gasteiger charge is -2.16. The predicted molar refractivity (Wildman–Crippen MR) is 123 cm³/mol. The number of fused-ring (bicyclic) bond motifs is 3. The van der Waals surface area contributed by atoms with Crippen LogP contribution < -0.4 is 20.7 Å². The molecule has 0 bridgehead atoms. The molecule has 0 aliphatic carbocycles. The molecular weight excluding hydrogens is 426 g/mol. The van der Waals surface area contributed by atoms with E-state index in [1.54, 1.807) is 42.7 Å². The van der Waals surface area contributed by atoms with Crippen LogP contribution in [-0.4, -0.2) is 11.9 Å². The van der Waals surface area contributed by atoms with Crippen LogP contribution in [-0.2, 0) is 13.2 Å². The minimum atomic E-state index is -0.343. The van der Waals surface area contributed by atoms with E-state index in [-0.39, 0.29) is 11.9 Å².